The number of aliphatic imine (C=N–C) groups is 1. The fraction of sp³-hybridized carbons (Fsp3) is 0.385. The quantitative estimate of drug-likeness (QED) is 0.796. The van der Waals surface area contributed by atoms with E-state index in [-0.39, 0.29) is 11.4 Å². The maximum absolute atomic E-state index is 13.6. The van der Waals surface area contributed by atoms with E-state index in [0.29, 0.717) is 11.5 Å². The first-order chi connectivity index (χ1) is 8.37. The van der Waals surface area contributed by atoms with E-state index in [4.69, 9.17) is 0 Å². The Morgan fingerprint density at radius 3 is 2.61 bits per heavy atom. The molecule has 1 unspecified atom stereocenters. The lowest BCUT2D eigenvalue weighted by atomic mass is 10.1. The van der Waals surface area contributed by atoms with Crippen LogP contribution in [0.4, 0.5) is 4.39 Å². The highest BCUT2D eigenvalue weighted by molar-refractivity contribution is 6.05. The number of benzene rings is 1. The van der Waals surface area contributed by atoms with Gasteiger partial charge in [0.05, 0.1) is 0 Å². The zero-order valence-corrected chi connectivity index (χ0v) is 10.6. The van der Waals surface area contributed by atoms with E-state index >= 15 is 0 Å². The summed E-state index contributed by atoms with van der Waals surface area (Å²) in [6, 6.07) is 5.37. The molecule has 5 heteroatoms. The van der Waals surface area contributed by atoms with Gasteiger partial charge in [0.15, 0.2) is 12.0 Å². The van der Waals surface area contributed by atoms with Crippen LogP contribution < -0.4 is 10.6 Å². The third-order valence-electron chi connectivity index (χ3n) is 2.44. The van der Waals surface area contributed by atoms with Gasteiger partial charge in [-0.2, -0.15) is 0 Å². The first-order valence-corrected chi connectivity index (χ1v) is 5.78. The summed E-state index contributed by atoms with van der Waals surface area (Å²) in [5.41, 5.74) is 0.0803. The van der Waals surface area contributed by atoms with Crippen LogP contribution in [0.2, 0.25) is 0 Å². The van der Waals surface area contributed by atoms with E-state index in [0.717, 1.165) is 0 Å². The van der Waals surface area contributed by atoms with Crippen molar-refractivity contribution in [1.29, 1.82) is 0 Å². The van der Waals surface area contributed by atoms with E-state index in [1.54, 1.807) is 18.2 Å². The molecule has 2 rings (SSSR count). The Labute approximate surface area is 105 Å². The van der Waals surface area contributed by atoms with Crippen LogP contribution in [0.1, 0.15) is 32.4 Å². The van der Waals surface area contributed by atoms with Crippen LogP contribution >= 0.6 is 0 Å². The monoisotopic (exact) mass is 249 g/mol. The SMILES string of the molecule is CC(C)(C)NC1=NC(c2ccccc2F)C(=O)N1. The fourth-order valence-electron chi connectivity index (χ4n) is 1.73. The highest BCUT2D eigenvalue weighted by atomic mass is 19.1. The Bertz CT molecular complexity index is 505. The minimum absolute atomic E-state index is 0.212. The molecule has 1 amide bonds. The minimum atomic E-state index is -0.809. The number of nitrogens with one attached hydrogen (secondary N) is 2. The molecule has 4 nitrogen and oxygen atoms in total. The molecule has 0 aliphatic carbocycles. The van der Waals surface area contributed by atoms with Crippen LogP contribution in [0.5, 0.6) is 0 Å². The first-order valence-electron chi connectivity index (χ1n) is 5.78. The number of hydrogen-bond donors (Lipinski definition) is 2. The smallest absolute Gasteiger partial charge is 0.256 e. The molecule has 0 saturated heterocycles. The van der Waals surface area contributed by atoms with E-state index in [1.165, 1.54) is 6.07 Å². The maximum Gasteiger partial charge on any atom is 0.256 e. The number of guanidine groups is 1. The summed E-state index contributed by atoms with van der Waals surface area (Å²) in [6.07, 6.45) is 0. The molecule has 0 radical (unpaired) electrons. The zero-order valence-electron chi connectivity index (χ0n) is 10.6. The van der Waals surface area contributed by atoms with Crippen molar-refractivity contribution in [2.75, 3.05) is 0 Å². The van der Waals surface area contributed by atoms with Crippen molar-refractivity contribution in [3.63, 3.8) is 0 Å². The van der Waals surface area contributed by atoms with Gasteiger partial charge in [-0.15, -0.1) is 0 Å². The average molecular weight is 249 g/mol. The molecule has 1 aromatic carbocycles. The number of amides is 1. The molecule has 1 atom stereocenters. The summed E-state index contributed by atoms with van der Waals surface area (Å²) in [4.78, 5) is 16.0. The minimum Gasteiger partial charge on any atom is -0.351 e. The molecule has 96 valence electrons. The Morgan fingerprint density at radius 1 is 1.33 bits per heavy atom. The van der Waals surface area contributed by atoms with Crippen LogP contribution in [0.15, 0.2) is 29.3 Å². The van der Waals surface area contributed by atoms with E-state index < -0.39 is 11.9 Å². The van der Waals surface area contributed by atoms with Gasteiger partial charge in [-0.3, -0.25) is 10.1 Å². The molecule has 0 spiro atoms. The summed E-state index contributed by atoms with van der Waals surface area (Å²) in [6.45, 7) is 5.87. The molecule has 1 aromatic rings. The topological polar surface area (TPSA) is 53.5 Å². The van der Waals surface area contributed by atoms with Gasteiger partial charge in [0.25, 0.3) is 5.91 Å². The Balaban J connectivity index is 2.25. The van der Waals surface area contributed by atoms with Crippen molar-refractivity contribution in [2.45, 2.75) is 32.4 Å². The van der Waals surface area contributed by atoms with Crippen LogP contribution in [0, 0.1) is 5.82 Å². The number of rotatable bonds is 1. The second-order valence-corrected chi connectivity index (χ2v) is 5.27. The van der Waals surface area contributed by atoms with Gasteiger partial charge in [-0.1, -0.05) is 18.2 Å². The van der Waals surface area contributed by atoms with E-state index in [9.17, 15) is 9.18 Å². The summed E-state index contributed by atoms with van der Waals surface area (Å²) in [7, 11) is 0. The molecule has 1 heterocycles. The number of halogens is 1. The third-order valence-corrected chi connectivity index (χ3v) is 2.44. The lowest BCUT2D eigenvalue weighted by molar-refractivity contribution is -0.120. The molecular formula is C13H16FN3O. The van der Waals surface area contributed by atoms with Gasteiger partial charge in [0.2, 0.25) is 0 Å². The average Bonchev–Trinajstić information content (AvgIpc) is 2.57. The predicted molar refractivity (Wildman–Crippen MR) is 67.6 cm³/mol. The number of hydrogen-bond acceptors (Lipinski definition) is 3. The molecule has 2 N–H and O–H groups in total. The van der Waals surface area contributed by atoms with Crippen LogP contribution in [0.3, 0.4) is 0 Å². The van der Waals surface area contributed by atoms with Gasteiger partial charge in [-0.25, -0.2) is 9.38 Å². The number of carbonyl (C=O) groups is 1. The molecule has 0 aromatic heterocycles. The fourth-order valence-corrected chi connectivity index (χ4v) is 1.73. The molecule has 1 aliphatic rings. The molecule has 0 fully saturated rings. The van der Waals surface area contributed by atoms with Crippen molar-refractivity contribution in [3.8, 4) is 0 Å². The van der Waals surface area contributed by atoms with Gasteiger partial charge < -0.3 is 5.32 Å². The summed E-state index contributed by atoms with van der Waals surface area (Å²) in [5, 5.41) is 5.68. The van der Waals surface area contributed by atoms with Crippen molar-refractivity contribution < 1.29 is 9.18 Å². The standard InChI is InChI=1S/C13H16FN3O/c1-13(2,3)17-12-15-10(11(18)16-12)8-6-4-5-7-9(8)14/h4-7,10H,1-3H3,(H2,15,16,17,18). The summed E-state index contributed by atoms with van der Waals surface area (Å²) >= 11 is 0. The van der Waals surface area contributed by atoms with E-state index in [1.807, 2.05) is 20.8 Å². The third kappa shape index (κ3) is 2.67. The highest BCUT2D eigenvalue weighted by Crippen LogP contribution is 2.23. The Hall–Kier alpha value is -1.91. The normalized spacial score (nSPS) is 19.4. The lowest BCUT2D eigenvalue weighted by Gasteiger charge is -2.21. The maximum atomic E-state index is 13.6. The van der Waals surface area contributed by atoms with E-state index in [2.05, 4.69) is 15.6 Å². The molecular weight excluding hydrogens is 233 g/mol. The molecule has 0 bridgehead atoms. The summed E-state index contributed by atoms with van der Waals surface area (Å²) in [5.74, 6) is -0.342. The Kier molecular flexibility index (Phi) is 3.07. The number of nitrogens with zero attached hydrogens (tertiary/aromatic N) is 1. The number of carbonyl (C=O) groups excluding carboxylic acids is 1. The van der Waals surface area contributed by atoms with Crippen LogP contribution in [-0.4, -0.2) is 17.4 Å². The molecule has 18 heavy (non-hydrogen) atoms. The molecule has 1 aliphatic heterocycles. The van der Waals surface area contributed by atoms with Gasteiger partial charge in [-0.05, 0) is 26.8 Å². The van der Waals surface area contributed by atoms with Crippen molar-refractivity contribution >= 4 is 11.9 Å². The zero-order chi connectivity index (χ0) is 13.3. The van der Waals surface area contributed by atoms with Crippen LogP contribution in [0.25, 0.3) is 0 Å². The molecule has 0 saturated carbocycles. The van der Waals surface area contributed by atoms with Gasteiger partial charge in [0, 0.05) is 11.1 Å². The lowest BCUT2D eigenvalue weighted by Crippen LogP contribution is -2.46. The Morgan fingerprint density at radius 2 is 2.00 bits per heavy atom. The first kappa shape index (κ1) is 12.5. The van der Waals surface area contributed by atoms with Gasteiger partial charge in [0.1, 0.15) is 5.82 Å². The highest BCUT2D eigenvalue weighted by Gasteiger charge is 2.31. The van der Waals surface area contributed by atoms with Crippen molar-refractivity contribution in [3.05, 3.63) is 35.6 Å². The largest absolute Gasteiger partial charge is 0.351 e. The summed E-state index contributed by atoms with van der Waals surface area (Å²) < 4.78 is 13.6. The van der Waals surface area contributed by atoms with Gasteiger partial charge >= 0.3 is 0 Å². The second-order valence-electron chi connectivity index (χ2n) is 5.27. The second kappa shape index (κ2) is 4.40. The van der Waals surface area contributed by atoms with Crippen LogP contribution in [-0.2, 0) is 4.79 Å². The van der Waals surface area contributed by atoms with Crippen molar-refractivity contribution in [1.82, 2.24) is 10.6 Å². The van der Waals surface area contributed by atoms with Crippen molar-refractivity contribution in [2.24, 2.45) is 4.99 Å². The predicted octanol–water partition coefficient (Wildman–Crippen LogP) is 1.74.